The van der Waals surface area contributed by atoms with Crippen LogP contribution >= 0.6 is 11.3 Å². The topological polar surface area (TPSA) is 51.8 Å². The highest BCUT2D eigenvalue weighted by atomic mass is 32.1. The third-order valence-electron chi connectivity index (χ3n) is 10.6. The van der Waals surface area contributed by atoms with Crippen molar-refractivity contribution in [1.82, 2.24) is 15.0 Å². The molecule has 4 nitrogen and oxygen atoms in total. The summed E-state index contributed by atoms with van der Waals surface area (Å²) < 4.78 is 8.79. The molecular formula is C51H31N3OS. The summed E-state index contributed by atoms with van der Waals surface area (Å²) in [4.78, 5) is 15.1. The molecule has 11 aromatic rings. The van der Waals surface area contributed by atoms with E-state index in [0.29, 0.717) is 17.5 Å². The smallest absolute Gasteiger partial charge is 0.164 e. The van der Waals surface area contributed by atoms with Gasteiger partial charge in [-0.2, -0.15) is 0 Å². The Morgan fingerprint density at radius 2 is 0.804 bits per heavy atom. The number of fused-ring (bicyclic) bond motifs is 6. The van der Waals surface area contributed by atoms with Gasteiger partial charge in [0, 0.05) is 53.2 Å². The molecule has 0 bridgehead atoms. The van der Waals surface area contributed by atoms with Crippen LogP contribution < -0.4 is 0 Å². The first-order valence-corrected chi connectivity index (χ1v) is 19.5. The Balaban J connectivity index is 0.971. The molecule has 56 heavy (non-hydrogen) atoms. The van der Waals surface area contributed by atoms with E-state index in [1.165, 1.54) is 42.4 Å². The van der Waals surface area contributed by atoms with Crippen LogP contribution in [0.3, 0.4) is 0 Å². The van der Waals surface area contributed by atoms with Gasteiger partial charge in [-0.05, 0) is 52.1 Å². The second-order valence-corrected chi connectivity index (χ2v) is 15.1. The van der Waals surface area contributed by atoms with Crippen LogP contribution in [0.15, 0.2) is 192 Å². The first kappa shape index (κ1) is 32.2. The molecule has 262 valence electrons. The van der Waals surface area contributed by atoms with E-state index < -0.39 is 0 Å². The molecule has 0 aliphatic carbocycles. The van der Waals surface area contributed by atoms with E-state index in [1.807, 2.05) is 42.5 Å². The van der Waals surface area contributed by atoms with Gasteiger partial charge in [0.2, 0.25) is 0 Å². The van der Waals surface area contributed by atoms with E-state index >= 15 is 0 Å². The van der Waals surface area contributed by atoms with Crippen molar-refractivity contribution in [1.29, 1.82) is 0 Å². The maximum absolute atomic E-state index is 6.35. The molecule has 3 heterocycles. The Morgan fingerprint density at radius 1 is 0.321 bits per heavy atom. The van der Waals surface area contributed by atoms with Gasteiger partial charge in [-0.25, -0.2) is 15.0 Å². The third-order valence-corrected chi connectivity index (χ3v) is 11.7. The summed E-state index contributed by atoms with van der Waals surface area (Å²) in [6.45, 7) is 0. The molecule has 0 unspecified atom stereocenters. The first-order chi connectivity index (χ1) is 27.7. The highest BCUT2D eigenvalue weighted by molar-refractivity contribution is 7.25. The number of nitrogens with zero attached hydrogens (tertiary/aromatic N) is 3. The molecule has 0 aliphatic heterocycles. The summed E-state index contributed by atoms with van der Waals surface area (Å²) in [5.74, 6) is 1.91. The molecule has 0 saturated heterocycles. The van der Waals surface area contributed by atoms with Crippen LogP contribution in [0.2, 0.25) is 0 Å². The number of aromatic nitrogens is 3. The fraction of sp³-hybridized carbons (Fsp3) is 0. The minimum Gasteiger partial charge on any atom is -0.455 e. The maximum Gasteiger partial charge on any atom is 0.164 e. The minimum atomic E-state index is 0.626. The molecule has 0 fully saturated rings. The van der Waals surface area contributed by atoms with Crippen molar-refractivity contribution in [2.45, 2.75) is 0 Å². The molecule has 3 aromatic heterocycles. The lowest BCUT2D eigenvalue weighted by atomic mass is 9.98. The summed E-state index contributed by atoms with van der Waals surface area (Å²) in [5.41, 5.74) is 11.6. The molecular weight excluding hydrogens is 703 g/mol. The Labute approximate surface area is 327 Å². The molecule has 0 radical (unpaired) electrons. The number of hydrogen-bond donors (Lipinski definition) is 0. The summed E-state index contributed by atoms with van der Waals surface area (Å²) in [5, 5.41) is 4.71. The standard InChI is InChI=1S/C51H31N3OS/c1-3-11-32(12-4-1)36-15-9-16-37(29-36)38-25-27-42-43-28-26-39(31-47(43)56-46(42)30-38)51-53-49(34-13-5-2-6-14-34)52-50(54-51)35-23-21-33(22-24-35)40-18-10-19-44-41-17-7-8-20-45(41)55-48(40)44/h1-31H. The third kappa shape index (κ3) is 5.65. The van der Waals surface area contributed by atoms with Crippen LogP contribution in [-0.4, -0.2) is 15.0 Å². The van der Waals surface area contributed by atoms with Crippen LogP contribution in [-0.2, 0) is 0 Å². The molecule has 8 aromatic carbocycles. The van der Waals surface area contributed by atoms with Crippen molar-refractivity contribution < 1.29 is 4.42 Å². The molecule has 11 rings (SSSR count). The number of thiophene rings is 1. The van der Waals surface area contributed by atoms with Gasteiger partial charge >= 0.3 is 0 Å². The van der Waals surface area contributed by atoms with E-state index in [-0.39, 0.29) is 0 Å². The number of hydrogen-bond acceptors (Lipinski definition) is 5. The average Bonchev–Trinajstić information content (AvgIpc) is 3.85. The molecule has 0 saturated carbocycles. The van der Waals surface area contributed by atoms with Gasteiger partial charge < -0.3 is 4.42 Å². The Morgan fingerprint density at radius 3 is 1.54 bits per heavy atom. The normalized spacial score (nSPS) is 11.6. The molecule has 0 atom stereocenters. The van der Waals surface area contributed by atoms with Crippen LogP contribution in [0.25, 0.3) is 110 Å². The van der Waals surface area contributed by atoms with Gasteiger partial charge in [0.05, 0.1) is 0 Å². The fourth-order valence-corrected chi connectivity index (χ4v) is 8.91. The van der Waals surface area contributed by atoms with E-state index in [1.54, 1.807) is 11.3 Å². The zero-order chi connectivity index (χ0) is 37.0. The minimum absolute atomic E-state index is 0.626. The predicted molar refractivity (Wildman–Crippen MR) is 233 cm³/mol. The van der Waals surface area contributed by atoms with Gasteiger partial charge in [-0.3, -0.25) is 0 Å². The predicted octanol–water partition coefficient (Wildman–Crippen LogP) is 14.1. The van der Waals surface area contributed by atoms with E-state index in [9.17, 15) is 0 Å². The van der Waals surface area contributed by atoms with Crippen molar-refractivity contribution >= 4 is 53.4 Å². The maximum atomic E-state index is 6.35. The van der Waals surface area contributed by atoms with E-state index in [2.05, 4.69) is 146 Å². The zero-order valence-corrected chi connectivity index (χ0v) is 30.9. The number of benzene rings is 8. The number of furan rings is 1. The second kappa shape index (κ2) is 13.3. The molecule has 5 heteroatoms. The number of para-hydroxylation sites is 2. The summed E-state index contributed by atoms with van der Waals surface area (Å²) in [6.07, 6.45) is 0. The molecule has 0 aliphatic rings. The Hall–Kier alpha value is -7.21. The zero-order valence-electron chi connectivity index (χ0n) is 30.1. The molecule has 0 spiro atoms. The second-order valence-electron chi connectivity index (χ2n) is 14.0. The summed E-state index contributed by atoms with van der Waals surface area (Å²) in [6, 6.07) is 65.8. The number of rotatable bonds is 6. The van der Waals surface area contributed by atoms with Gasteiger partial charge in [0.1, 0.15) is 11.2 Å². The van der Waals surface area contributed by atoms with Gasteiger partial charge in [-0.15, -0.1) is 11.3 Å². The van der Waals surface area contributed by atoms with Gasteiger partial charge in [0.15, 0.2) is 17.5 Å². The Bertz CT molecular complexity index is 3240. The highest BCUT2D eigenvalue weighted by Gasteiger charge is 2.16. The molecule has 0 amide bonds. The van der Waals surface area contributed by atoms with Gasteiger partial charge in [0.25, 0.3) is 0 Å². The van der Waals surface area contributed by atoms with Crippen molar-refractivity contribution in [2.24, 2.45) is 0 Å². The average molecular weight is 734 g/mol. The van der Waals surface area contributed by atoms with Crippen LogP contribution in [0.1, 0.15) is 0 Å². The SMILES string of the molecule is c1ccc(-c2cccc(-c3ccc4c(c3)sc3cc(-c5nc(-c6ccccc6)nc(-c6ccc(-c7cccc8c7oc7ccccc78)cc6)n5)ccc34)c2)cc1. The first-order valence-electron chi connectivity index (χ1n) is 18.7. The van der Waals surface area contributed by atoms with Crippen LogP contribution in [0, 0.1) is 0 Å². The highest BCUT2D eigenvalue weighted by Crippen LogP contribution is 2.40. The van der Waals surface area contributed by atoms with E-state index in [4.69, 9.17) is 19.4 Å². The summed E-state index contributed by atoms with van der Waals surface area (Å²) >= 11 is 1.80. The monoisotopic (exact) mass is 733 g/mol. The van der Waals surface area contributed by atoms with Crippen LogP contribution in [0.5, 0.6) is 0 Å². The largest absolute Gasteiger partial charge is 0.455 e. The quantitative estimate of drug-likeness (QED) is 0.171. The van der Waals surface area contributed by atoms with Crippen molar-refractivity contribution in [3.05, 3.63) is 188 Å². The van der Waals surface area contributed by atoms with Gasteiger partial charge in [-0.1, -0.05) is 164 Å². The van der Waals surface area contributed by atoms with Crippen molar-refractivity contribution in [3.63, 3.8) is 0 Å². The van der Waals surface area contributed by atoms with Crippen LogP contribution in [0.4, 0.5) is 0 Å². The lowest BCUT2D eigenvalue weighted by molar-refractivity contribution is 0.670. The lowest BCUT2D eigenvalue weighted by Crippen LogP contribution is -2.00. The Kier molecular flexibility index (Phi) is 7.64. The lowest BCUT2D eigenvalue weighted by Gasteiger charge is -2.09. The molecule has 0 N–H and O–H groups in total. The van der Waals surface area contributed by atoms with Crippen molar-refractivity contribution in [2.75, 3.05) is 0 Å². The fourth-order valence-electron chi connectivity index (χ4n) is 7.73. The van der Waals surface area contributed by atoms with E-state index in [0.717, 1.165) is 49.8 Å². The van der Waals surface area contributed by atoms with Crippen molar-refractivity contribution in [3.8, 4) is 67.5 Å². The summed E-state index contributed by atoms with van der Waals surface area (Å²) in [7, 11) is 0.